The van der Waals surface area contributed by atoms with Gasteiger partial charge in [-0.1, -0.05) is 20.8 Å². The fraction of sp³-hybridized carbons (Fsp3) is 0.400. The summed E-state index contributed by atoms with van der Waals surface area (Å²) in [6.45, 7) is 6.00. The zero-order valence-corrected chi connectivity index (χ0v) is 9.44. The molecule has 0 saturated heterocycles. The molecular formula is C10H11BrO2. The summed E-state index contributed by atoms with van der Waals surface area (Å²) in [5.74, 6) is -0.910. The first-order valence-corrected chi connectivity index (χ1v) is 4.79. The number of carbonyl (C=O) groups excluding carboxylic acids is 2. The summed E-state index contributed by atoms with van der Waals surface area (Å²) >= 11 is 3.08. The first kappa shape index (κ1) is 10.4. The molecule has 0 radical (unpaired) electrons. The van der Waals surface area contributed by atoms with Crippen molar-refractivity contribution in [2.24, 2.45) is 5.41 Å². The number of ketones is 2. The Kier molecular flexibility index (Phi) is 2.57. The summed E-state index contributed by atoms with van der Waals surface area (Å²) in [6.07, 6.45) is 3.12. The van der Waals surface area contributed by atoms with Crippen LogP contribution in [0.4, 0.5) is 0 Å². The Morgan fingerprint density at radius 3 is 2.08 bits per heavy atom. The first-order valence-electron chi connectivity index (χ1n) is 4.00. The number of rotatable bonds is 0. The third kappa shape index (κ3) is 2.15. The van der Waals surface area contributed by atoms with Crippen molar-refractivity contribution in [2.75, 3.05) is 0 Å². The van der Waals surface area contributed by atoms with Crippen molar-refractivity contribution in [3.63, 3.8) is 0 Å². The molecule has 0 unspecified atom stereocenters. The van der Waals surface area contributed by atoms with Crippen LogP contribution in [0.1, 0.15) is 20.8 Å². The summed E-state index contributed by atoms with van der Waals surface area (Å²) < 4.78 is 0.352. The van der Waals surface area contributed by atoms with Crippen molar-refractivity contribution in [1.82, 2.24) is 0 Å². The van der Waals surface area contributed by atoms with Gasteiger partial charge in [0.05, 0.1) is 4.48 Å². The average Bonchev–Trinajstić information content (AvgIpc) is 1.97. The zero-order chi connectivity index (χ0) is 10.2. The normalized spacial score (nSPS) is 18.5. The van der Waals surface area contributed by atoms with Crippen molar-refractivity contribution in [2.45, 2.75) is 20.8 Å². The minimum Gasteiger partial charge on any atom is -0.286 e. The van der Waals surface area contributed by atoms with E-state index in [1.807, 2.05) is 20.8 Å². The summed E-state index contributed by atoms with van der Waals surface area (Å²) in [5, 5.41) is 0. The highest BCUT2D eigenvalue weighted by molar-refractivity contribution is 9.12. The van der Waals surface area contributed by atoms with E-state index in [9.17, 15) is 9.59 Å². The Morgan fingerprint density at radius 1 is 1.15 bits per heavy atom. The summed E-state index contributed by atoms with van der Waals surface area (Å²) in [4.78, 5) is 22.3. The molecule has 1 aliphatic rings. The lowest BCUT2D eigenvalue weighted by atomic mass is 9.83. The van der Waals surface area contributed by atoms with Crippen molar-refractivity contribution < 1.29 is 9.59 Å². The summed E-state index contributed by atoms with van der Waals surface area (Å²) in [7, 11) is 0. The van der Waals surface area contributed by atoms with Gasteiger partial charge in [0.1, 0.15) is 0 Å². The fourth-order valence-corrected chi connectivity index (χ4v) is 1.44. The Labute approximate surface area is 85.8 Å². The average molecular weight is 243 g/mol. The van der Waals surface area contributed by atoms with Crippen molar-refractivity contribution in [1.29, 1.82) is 0 Å². The van der Waals surface area contributed by atoms with Gasteiger partial charge in [0.15, 0.2) is 0 Å². The lowest BCUT2D eigenvalue weighted by Crippen LogP contribution is -2.20. The van der Waals surface area contributed by atoms with Gasteiger partial charge >= 0.3 is 0 Å². The summed E-state index contributed by atoms with van der Waals surface area (Å²) in [5.41, 5.74) is 0.777. The van der Waals surface area contributed by atoms with Crippen molar-refractivity contribution >= 4 is 27.5 Å². The second kappa shape index (κ2) is 3.22. The van der Waals surface area contributed by atoms with Gasteiger partial charge in [-0.05, 0) is 39.1 Å². The quantitative estimate of drug-likeness (QED) is 0.483. The second-order valence-electron chi connectivity index (χ2n) is 4.04. The number of carbonyl (C=O) groups is 2. The Morgan fingerprint density at radius 2 is 1.69 bits per heavy atom. The highest BCUT2D eigenvalue weighted by Gasteiger charge is 2.25. The summed E-state index contributed by atoms with van der Waals surface area (Å²) in [6, 6.07) is 0. The standard InChI is InChI=1S/C10H11BrO2/c1-10(2,3)6-4-7(11)9(13)8(12)5-6/h4-5H,1-3H3. The minimum absolute atomic E-state index is 0.102. The molecule has 0 aromatic rings. The molecule has 0 atom stereocenters. The molecule has 0 bridgehead atoms. The van der Waals surface area contributed by atoms with Crippen LogP contribution in [0.3, 0.4) is 0 Å². The number of Topliss-reactive ketones (excluding diaryl/α,β-unsaturated/α-hetero) is 1. The predicted octanol–water partition coefficient (Wildman–Crippen LogP) is 2.39. The van der Waals surface area contributed by atoms with E-state index in [2.05, 4.69) is 15.9 Å². The van der Waals surface area contributed by atoms with Crippen molar-refractivity contribution in [3.8, 4) is 0 Å². The molecule has 0 N–H and O–H groups in total. The molecule has 2 nitrogen and oxygen atoms in total. The SMILES string of the molecule is CC(C)(C)C1=CC(=O)C(=O)C(Br)=C1. The van der Waals surface area contributed by atoms with Crippen LogP contribution >= 0.6 is 15.9 Å². The lowest BCUT2D eigenvalue weighted by Gasteiger charge is -2.22. The molecule has 3 heteroatoms. The number of hydrogen-bond acceptors (Lipinski definition) is 2. The van der Waals surface area contributed by atoms with Gasteiger partial charge in [-0.15, -0.1) is 0 Å². The van der Waals surface area contributed by atoms with Crippen LogP contribution in [0.15, 0.2) is 22.2 Å². The van der Waals surface area contributed by atoms with E-state index in [1.54, 1.807) is 6.08 Å². The van der Waals surface area contributed by atoms with Gasteiger partial charge in [0.25, 0.3) is 0 Å². The monoisotopic (exact) mass is 242 g/mol. The van der Waals surface area contributed by atoms with Crippen LogP contribution < -0.4 is 0 Å². The van der Waals surface area contributed by atoms with Gasteiger partial charge in [0, 0.05) is 0 Å². The molecule has 0 aliphatic heterocycles. The lowest BCUT2D eigenvalue weighted by molar-refractivity contribution is -0.131. The molecule has 1 rings (SSSR count). The van der Waals surface area contributed by atoms with Crippen LogP contribution in [0, 0.1) is 5.41 Å². The van der Waals surface area contributed by atoms with E-state index in [1.165, 1.54) is 6.08 Å². The Bertz CT molecular complexity index is 329. The molecule has 0 amide bonds. The predicted molar refractivity (Wildman–Crippen MR) is 54.6 cm³/mol. The molecule has 13 heavy (non-hydrogen) atoms. The van der Waals surface area contributed by atoms with E-state index in [4.69, 9.17) is 0 Å². The van der Waals surface area contributed by atoms with Crippen LogP contribution in [0.25, 0.3) is 0 Å². The molecule has 0 aromatic heterocycles. The molecule has 0 aromatic carbocycles. The molecular weight excluding hydrogens is 232 g/mol. The molecule has 0 saturated carbocycles. The highest BCUT2D eigenvalue weighted by atomic mass is 79.9. The van der Waals surface area contributed by atoms with Gasteiger partial charge in [0.2, 0.25) is 11.6 Å². The smallest absolute Gasteiger partial charge is 0.239 e. The number of hydrogen-bond donors (Lipinski definition) is 0. The molecule has 0 fully saturated rings. The van der Waals surface area contributed by atoms with Gasteiger partial charge in [-0.2, -0.15) is 0 Å². The first-order chi connectivity index (χ1) is 5.82. The van der Waals surface area contributed by atoms with Crippen LogP contribution in [-0.2, 0) is 9.59 Å². The van der Waals surface area contributed by atoms with Gasteiger partial charge < -0.3 is 0 Å². The number of allylic oxidation sites excluding steroid dienone is 4. The zero-order valence-electron chi connectivity index (χ0n) is 7.85. The number of halogens is 1. The molecule has 1 aliphatic carbocycles. The van der Waals surface area contributed by atoms with E-state index in [0.717, 1.165) is 5.57 Å². The molecule has 70 valence electrons. The van der Waals surface area contributed by atoms with Gasteiger partial charge in [-0.25, -0.2) is 0 Å². The third-order valence-electron chi connectivity index (χ3n) is 1.88. The highest BCUT2D eigenvalue weighted by Crippen LogP contribution is 2.30. The van der Waals surface area contributed by atoms with E-state index >= 15 is 0 Å². The van der Waals surface area contributed by atoms with Crippen LogP contribution in [0.2, 0.25) is 0 Å². The molecule has 0 spiro atoms. The topological polar surface area (TPSA) is 34.1 Å². The van der Waals surface area contributed by atoms with Crippen LogP contribution in [-0.4, -0.2) is 11.6 Å². The van der Waals surface area contributed by atoms with Crippen LogP contribution in [0.5, 0.6) is 0 Å². The van der Waals surface area contributed by atoms with E-state index in [-0.39, 0.29) is 5.41 Å². The second-order valence-corrected chi connectivity index (χ2v) is 4.89. The molecule has 0 heterocycles. The van der Waals surface area contributed by atoms with Gasteiger partial charge in [-0.3, -0.25) is 9.59 Å². The van der Waals surface area contributed by atoms with E-state index < -0.39 is 11.6 Å². The van der Waals surface area contributed by atoms with Crippen molar-refractivity contribution in [3.05, 3.63) is 22.2 Å². The Balaban J connectivity index is 3.12. The van der Waals surface area contributed by atoms with E-state index in [0.29, 0.717) is 4.48 Å². The fourth-order valence-electron chi connectivity index (χ4n) is 1.00. The largest absolute Gasteiger partial charge is 0.286 e. The Hall–Kier alpha value is -0.700. The maximum absolute atomic E-state index is 11.2. The third-order valence-corrected chi connectivity index (χ3v) is 2.46. The maximum atomic E-state index is 11.2. The minimum atomic E-state index is -0.465. The maximum Gasteiger partial charge on any atom is 0.239 e.